The lowest BCUT2D eigenvalue weighted by Gasteiger charge is -2.22. The Morgan fingerprint density at radius 1 is 1.38 bits per heavy atom. The van der Waals surface area contributed by atoms with Gasteiger partial charge in [0.25, 0.3) is 0 Å². The number of rotatable bonds is 6. The first-order valence-electron chi connectivity index (χ1n) is 8.20. The Bertz CT molecular complexity index is 789. The molecule has 1 aliphatic rings. The summed E-state index contributed by atoms with van der Waals surface area (Å²) in [6.45, 7) is 0.384. The van der Waals surface area contributed by atoms with Crippen LogP contribution in [-0.2, 0) is 20.7 Å². The quantitative estimate of drug-likeness (QED) is 0.830. The van der Waals surface area contributed by atoms with Crippen LogP contribution in [0.4, 0.5) is 0 Å². The van der Waals surface area contributed by atoms with E-state index in [9.17, 15) is 9.59 Å². The number of amides is 1. The minimum atomic E-state index is -0.934. The highest BCUT2D eigenvalue weighted by Crippen LogP contribution is 2.25. The third-order valence-electron chi connectivity index (χ3n) is 4.42. The first kappa shape index (κ1) is 18.4. The largest absolute Gasteiger partial charge is 0.481 e. The van der Waals surface area contributed by atoms with E-state index in [2.05, 4.69) is 4.98 Å². The van der Waals surface area contributed by atoms with Crippen molar-refractivity contribution in [3.63, 3.8) is 0 Å². The smallest absolute Gasteiger partial charge is 0.305 e. The molecule has 0 bridgehead atoms. The standard InChI is InChI=1S/C18H19ClN2O5/c1-25-15-7-14(8-17(23)24)21(9-15)16(22)6-13-10-26-18(20-13)11-2-4-12(19)5-3-11/h2-5,10,14-15H,6-9H2,1H3,(H,23,24). The number of carboxylic acids is 1. The maximum absolute atomic E-state index is 12.6. The Hall–Kier alpha value is -2.38. The molecule has 0 spiro atoms. The van der Waals surface area contributed by atoms with Gasteiger partial charge in [-0.15, -0.1) is 0 Å². The molecule has 0 radical (unpaired) electrons. The first-order valence-corrected chi connectivity index (χ1v) is 8.58. The number of hydrogen-bond acceptors (Lipinski definition) is 5. The molecule has 1 N–H and O–H groups in total. The van der Waals surface area contributed by atoms with Crippen LogP contribution < -0.4 is 0 Å². The van der Waals surface area contributed by atoms with Crippen molar-refractivity contribution < 1.29 is 23.8 Å². The summed E-state index contributed by atoms with van der Waals surface area (Å²) in [7, 11) is 1.56. The predicted molar refractivity (Wildman–Crippen MR) is 93.8 cm³/mol. The highest BCUT2D eigenvalue weighted by molar-refractivity contribution is 6.30. The molecule has 1 aromatic carbocycles. The third-order valence-corrected chi connectivity index (χ3v) is 4.67. The van der Waals surface area contributed by atoms with Gasteiger partial charge >= 0.3 is 5.97 Å². The van der Waals surface area contributed by atoms with E-state index in [0.717, 1.165) is 5.56 Å². The Morgan fingerprint density at radius 2 is 2.12 bits per heavy atom. The normalized spacial score (nSPS) is 19.7. The number of carbonyl (C=O) groups excluding carboxylic acids is 1. The Morgan fingerprint density at radius 3 is 2.77 bits per heavy atom. The van der Waals surface area contributed by atoms with Gasteiger partial charge in [0.15, 0.2) is 0 Å². The number of carboxylic acid groups (broad SMARTS) is 1. The molecule has 2 aromatic rings. The fourth-order valence-corrected chi connectivity index (χ4v) is 3.24. The first-order chi connectivity index (χ1) is 12.5. The Labute approximate surface area is 155 Å². The van der Waals surface area contributed by atoms with Gasteiger partial charge in [0.1, 0.15) is 6.26 Å². The minimum absolute atomic E-state index is 0.0453. The average Bonchev–Trinajstić information content (AvgIpc) is 3.22. The van der Waals surface area contributed by atoms with Gasteiger partial charge in [-0.25, -0.2) is 4.98 Å². The number of hydrogen-bond donors (Lipinski definition) is 1. The Kier molecular flexibility index (Phi) is 5.58. The lowest BCUT2D eigenvalue weighted by Crippen LogP contribution is -2.38. The molecule has 2 atom stereocenters. The summed E-state index contributed by atoms with van der Waals surface area (Å²) in [5.74, 6) is -0.717. The maximum atomic E-state index is 12.6. The summed E-state index contributed by atoms with van der Waals surface area (Å²) in [5.41, 5.74) is 1.26. The summed E-state index contributed by atoms with van der Waals surface area (Å²) in [4.78, 5) is 29.6. The molecule has 1 fully saturated rings. The molecule has 1 aliphatic heterocycles. The summed E-state index contributed by atoms with van der Waals surface area (Å²) < 4.78 is 10.7. The van der Waals surface area contributed by atoms with Crippen LogP contribution in [0.5, 0.6) is 0 Å². The molecule has 0 saturated carbocycles. The molecule has 3 rings (SSSR count). The highest BCUT2D eigenvalue weighted by atomic mass is 35.5. The SMILES string of the molecule is COC1CC(CC(=O)O)N(C(=O)Cc2coc(-c3ccc(Cl)cc3)n2)C1. The molecule has 1 aromatic heterocycles. The Balaban J connectivity index is 1.69. The molecule has 2 unspecified atom stereocenters. The van der Waals surface area contributed by atoms with Crippen LogP contribution in [0.3, 0.4) is 0 Å². The molecule has 26 heavy (non-hydrogen) atoms. The van der Waals surface area contributed by atoms with Crippen LogP contribution in [0.2, 0.25) is 5.02 Å². The summed E-state index contributed by atoms with van der Waals surface area (Å²) in [6, 6.07) is 6.67. The second-order valence-electron chi connectivity index (χ2n) is 6.22. The van der Waals surface area contributed by atoms with Gasteiger partial charge in [-0.1, -0.05) is 11.6 Å². The van der Waals surface area contributed by atoms with E-state index in [1.807, 2.05) is 0 Å². The lowest BCUT2D eigenvalue weighted by atomic mass is 10.1. The van der Waals surface area contributed by atoms with Gasteiger partial charge in [-0.05, 0) is 30.7 Å². The van der Waals surface area contributed by atoms with E-state index in [4.69, 9.17) is 25.9 Å². The van der Waals surface area contributed by atoms with Crippen molar-refractivity contribution >= 4 is 23.5 Å². The van der Waals surface area contributed by atoms with Crippen molar-refractivity contribution in [2.75, 3.05) is 13.7 Å². The number of aromatic nitrogens is 1. The van der Waals surface area contributed by atoms with Crippen molar-refractivity contribution in [1.29, 1.82) is 0 Å². The molecule has 8 heteroatoms. The van der Waals surface area contributed by atoms with E-state index in [1.54, 1.807) is 36.3 Å². The number of ether oxygens (including phenoxy) is 1. The van der Waals surface area contributed by atoms with Crippen molar-refractivity contribution in [3.05, 3.63) is 41.2 Å². The van der Waals surface area contributed by atoms with Crippen molar-refractivity contribution in [2.45, 2.75) is 31.4 Å². The molecule has 1 saturated heterocycles. The van der Waals surface area contributed by atoms with E-state index < -0.39 is 5.97 Å². The maximum Gasteiger partial charge on any atom is 0.305 e. The van der Waals surface area contributed by atoms with Crippen LogP contribution in [-0.4, -0.2) is 52.7 Å². The van der Waals surface area contributed by atoms with Crippen molar-refractivity contribution in [3.8, 4) is 11.5 Å². The zero-order valence-electron chi connectivity index (χ0n) is 14.2. The fourth-order valence-electron chi connectivity index (χ4n) is 3.11. The van der Waals surface area contributed by atoms with Crippen molar-refractivity contribution in [1.82, 2.24) is 9.88 Å². The lowest BCUT2D eigenvalue weighted by molar-refractivity contribution is -0.139. The molecule has 138 valence electrons. The second-order valence-corrected chi connectivity index (χ2v) is 6.66. The zero-order valence-corrected chi connectivity index (χ0v) is 15.0. The number of carbonyl (C=O) groups is 2. The molecular weight excluding hydrogens is 360 g/mol. The van der Waals surface area contributed by atoms with Crippen molar-refractivity contribution in [2.24, 2.45) is 0 Å². The van der Waals surface area contributed by atoms with E-state index in [-0.39, 0.29) is 30.9 Å². The molecule has 1 amide bonds. The number of likely N-dealkylation sites (tertiary alicyclic amines) is 1. The zero-order chi connectivity index (χ0) is 18.7. The predicted octanol–water partition coefficient (Wildman–Crippen LogP) is 2.63. The summed E-state index contributed by atoms with van der Waals surface area (Å²) in [5, 5.41) is 9.67. The fraction of sp³-hybridized carbons (Fsp3) is 0.389. The number of nitrogens with zero attached hydrogens (tertiary/aromatic N) is 2. The van der Waals surface area contributed by atoms with Gasteiger partial charge in [-0.3, -0.25) is 9.59 Å². The number of methoxy groups -OCH3 is 1. The van der Waals surface area contributed by atoms with Gasteiger partial charge in [0, 0.05) is 30.3 Å². The van der Waals surface area contributed by atoms with E-state index in [0.29, 0.717) is 29.6 Å². The second kappa shape index (κ2) is 7.88. The monoisotopic (exact) mass is 378 g/mol. The summed E-state index contributed by atoms with van der Waals surface area (Å²) >= 11 is 5.87. The molecule has 2 heterocycles. The molecule has 7 nitrogen and oxygen atoms in total. The number of benzene rings is 1. The highest BCUT2D eigenvalue weighted by Gasteiger charge is 2.36. The van der Waals surface area contributed by atoms with E-state index in [1.165, 1.54) is 6.26 Å². The number of oxazole rings is 1. The van der Waals surface area contributed by atoms with Crippen LogP contribution in [0.1, 0.15) is 18.5 Å². The van der Waals surface area contributed by atoms with Gasteiger partial charge in [0.05, 0.1) is 24.6 Å². The van der Waals surface area contributed by atoms with E-state index >= 15 is 0 Å². The third kappa shape index (κ3) is 4.23. The molecule has 0 aliphatic carbocycles. The number of halogens is 1. The average molecular weight is 379 g/mol. The van der Waals surface area contributed by atoms with Crippen LogP contribution in [0.15, 0.2) is 34.9 Å². The molecular formula is C18H19ClN2O5. The minimum Gasteiger partial charge on any atom is -0.481 e. The van der Waals surface area contributed by atoms with Gasteiger partial charge < -0.3 is 19.2 Å². The van der Waals surface area contributed by atoms with Crippen LogP contribution >= 0.6 is 11.6 Å². The van der Waals surface area contributed by atoms with Gasteiger partial charge in [0.2, 0.25) is 11.8 Å². The summed E-state index contributed by atoms with van der Waals surface area (Å²) in [6.07, 6.45) is 1.76. The number of aliphatic carboxylic acids is 1. The van der Waals surface area contributed by atoms with Crippen LogP contribution in [0.25, 0.3) is 11.5 Å². The van der Waals surface area contributed by atoms with Crippen LogP contribution in [0, 0.1) is 0 Å². The van der Waals surface area contributed by atoms with Gasteiger partial charge in [-0.2, -0.15) is 0 Å². The topological polar surface area (TPSA) is 92.9 Å².